The molecule has 2 aliphatic heterocycles. The molecule has 5 rings (SSSR count). The number of aromatic nitrogens is 1. The largest absolute Gasteiger partial charge is 0.331 e. The molecule has 1 fully saturated rings. The second-order valence-corrected chi connectivity index (χ2v) is 14.3. The lowest BCUT2D eigenvalue weighted by atomic mass is 10.1. The smallest absolute Gasteiger partial charge is 0.283 e. The van der Waals surface area contributed by atoms with Gasteiger partial charge in [-0.25, -0.2) is 13.4 Å². The summed E-state index contributed by atoms with van der Waals surface area (Å²) in [6.07, 6.45) is 1.31. The molecule has 0 N–H and O–H groups in total. The van der Waals surface area contributed by atoms with Crippen LogP contribution in [0.1, 0.15) is 50.5 Å². The van der Waals surface area contributed by atoms with E-state index in [1.54, 1.807) is 23.1 Å². The van der Waals surface area contributed by atoms with Crippen LogP contribution in [-0.2, 0) is 23.0 Å². The lowest BCUT2D eigenvalue weighted by Gasteiger charge is -2.40. The number of fused-ring (bicyclic) bond motifs is 2. The number of hydrogen-bond acceptors (Lipinski definition) is 9. The third-order valence-corrected chi connectivity index (χ3v) is 11.8. The van der Waals surface area contributed by atoms with Gasteiger partial charge in [-0.05, 0) is 32.5 Å². The Morgan fingerprint density at radius 2 is 2.03 bits per heavy atom. The molecule has 2 aromatic heterocycles. The topological polar surface area (TPSA) is 115 Å². The molecule has 1 amide bonds. The Balaban J connectivity index is 1.44. The van der Waals surface area contributed by atoms with Crippen LogP contribution in [0, 0.1) is 11.3 Å². The maximum absolute atomic E-state index is 13.9. The van der Waals surface area contributed by atoms with Gasteiger partial charge in [-0.15, -0.1) is 22.7 Å². The van der Waals surface area contributed by atoms with Crippen molar-refractivity contribution in [3.05, 3.63) is 44.4 Å². The van der Waals surface area contributed by atoms with Crippen LogP contribution in [0.25, 0.3) is 10.1 Å². The third kappa shape index (κ3) is 4.99. The molecule has 9 nitrogen and oxygen atoms in total. The molecule has 4 heterocycles. The van der Waals surface area contributed by atoms with Crippen LogP contribution in [0.5, 0.6) is 0 Å². The molecule has 1 saturated heterocycles. The first-order chi connectivity index (χ1) is 18.1. The summed E-state index contributed by atoms with van der Waals surface area (Å²) in [6.45, 7) is 3.28. The normalized spacial score (nSPS) is 18.9. The minimum absolute atomic E-state index is 0.0159. The molecular weight excluding hydrogens is 566 g/mol. The number of thiazole rings is 1. The minimum Gasteiger partial charge on any atom is -0.331 e. The van der Waals surface area contributed by atoms with Gasteiger partial charge in [-0.1, -0.05) is 17.7 Å². The summed E-state index contributed by atoms with van der Waals surface area (Å²) >= 11 is 8.53. The molecule has 0 spiro atoms. The van der Waals surface area contributed by atoms with Crippen molar-refractivity contribution in [1.82, 2.24) is 19.1 Å². The number of nitrogens with zero attached hydrogens (tertiary/aromatic N) is 5. The van der Waals surface area contributed by atoms with Gasteiger partial charge in [0.1, 0.15) is 4.21 Å². The molecule has 1 aromatic carbocycles. The van der Waals surface area contributed by atoms with E-state index in [9.17, 15) is 23.3 Å². The van der Waals surface area contributed by atoms with E-state index < -0.39 is 16.1 Å². The summed E-state index contributed by atoms with van der Waals surface area (Å²) in [7, 11) is -2.01. The number of carbonyl (C=O) groups excluding carboxylic acids is 2. The van der Waals surface area contributed by atoms with Gasteiger partial charge in [-0.2, -0.15) is 9.57 Å². The lowest BCUT2D eigenvalue weighted by Crippen LogP contribution is -2.56. The Morgan fingerprint density at radius 3 is 2.76 bits per heavy atom. The summed E-state index contributed by atoms with van der Waals surface area (Å²) in [6, 6.07) is 6.59. The minimum atomic E-state index is -4.04. The zero-order valence-corrected chi connectivity index (χ0v) is 24.1. The molecular formula is C25H26ClN5O4S3. The van der Waals surface area contributed by atoms with Crippen molar-refractivity contribution < 1.29 is 18.0 Å². The van der Waals surface area contributed by atoms with Gasteiger partial charge < -0.3 is 9.80 Å². The SMILES string of the molecule is CC(=O)c1c(S(=O)(=O)N2CCN(C(=O)c3nc4c(s3)CN(C)CC4)C(CCC#N)C2)sc2cc(Cl)ccc12. The van der Waals surface area contributed by atoms with E-state index in [0.717, 1.165) is 41.4 Å². The number of hydrogen-bond donors (Lipinski definition) is 0. The molecule has 1 unspecified atom stereocenters. The number of sulfonamides is 1. The average Bonchev–Trinajstić information content (AvgIpc) is 3.48. The van der Waals surface area contributed by atoms with Gasteiger partial charge in [0.05, 0.1) is 17.3 Å². The summed E-state index contributed by atoms with van der Waals surface area (Å²) < 4.78 is 29.7. The highest BCUT2D eigenvalue weighted by Gasteiger charge is 2.40. The Bertz CT molecular complexity index is 1580. The maximum Gasteiger partial charge on any atom is 0.283 e. The van der Waals surface area contributed by atoms with Crippen LogP contribution in [0.3, 0.4) is 0 Å². The Labute approximate surface area is 234 Å². The first-order valence-electron chi connectivity index (χ1n) is 12.2. The average molecular weight is 592 g/mol. The standard InChI is InChI=1S/C25H26ClN5O4S3/c1-15(32)22-18-6-5-16(26)12-20(18)37-25(22)38(34,35)30-10-11-31(17(13-30)4-3-8-27)24(33)23-28-19-7-9-29(2)14-21(19)36-23/h5-6,12,17H,3-4,7,9-11,13-14H2,1-2H3. The molecule has 3 aromatic rings. The second-order valence-electron chi connectivity index (χ2n) is 9.55. The summed E-state index contributed by atoms with van der Waals surface area (Å²) in [5.41, 5.74) is 1.11. The number of ketones is 1. The fourth-order valence-electron chi connectivity index (χ4n) is 5.01. The van der Waals surface area contributed by atoms with E-state index >= 15 is 0 Å². The number of halogens is 1. The molecule has 2 aliphatic rings. The molecule has 0 saturated carbocycles. The highest BCUT2D eigenvalue weighted by atomic mass is 35.5. The van der Waals surface area contributed by atoms with Crippen LogP contribution in [0.2, 0.25) is 5.02 Å². The third-order valence-electron chi connectivity index (χ3n) is 6.95. The number of amides is 1. The van der Waals surface area contributed by atoms with E-state index in [2.05, 4.69) is 16.0 Å². The number of piperazine rings is 1. The number of carbonyl (C=O) groups is 2. The summed E-state index contributed by atoms with van der Waals surface area (Å²) in [5, 5.41) is 10.6. The van der Waals surface area contributed by atoms with Gasteiger partial charge in [-0.3, -0.25) is 9.59 Å². The van der Waals surface area contributed by atoms with Gasteiger partial charge in [0.15, 0.2) is 10.8 Å². The van der Waals surface area contributed by atoms with E-state index in [1.807, 2.05) is 7.05 Å². The first-order valence-corrected chi connectivity index (χ1v) is 15.6. The number of nitriles is 1. The fraction of sp³-hybridized carbons (Fsp3) is 0.440. The lowest BCUT2D eigenvalue weighted by molar-refractivity contribution is 0.0552. The van der Waals surface area contributed by atoms with Crippen molar-refractivity contribution >= 4 is 66.1 Å². The fourth-order valence-corrected chi connectivity index (χ4v) is 9.85. The van der Waals surface area contributed by atoms with Crippen LogP contribution in [0.15, 0.2) is 22.4 Å². The Kier molecular flexibility index (Phi) is 7.61. The summed E-state index contributed by atoms with van der Waals surface area (Å²) in [4.78, 5) is 35.6. The molecule has 1 atom stereocenters. The van der Waals surface area contributed by atoms with Crippen molar-refractivity contribution in [3.8, 4) is 6.07 Å². The number of benzene rings is 1. The van der Waals surface area contributed by atoms with Gasteiger partial charge in [0.25, 0.3) is 15.9 Å². The van der Waals surface area contributed by atoms with Gasteiger partial charge in [0.2, 0.25) is 0 Å². The van der Waals surface area contributed by atoms with Crippen molar-refractivity contribution in [3.63, 3.8) is 0 Å². The number of Topliss-reactive ketones (excluding diaryl/α,β-unsaturated/α-hetero) is 1. The van der Waals surface area contributed by atoms with Crippen LogP contribution in [0.4, 0.5) is 0 Å². The van der Waals surface area contributed by atoms with Crippen molar-refractivity contribution in [1.29, 1.82) is 5.26 Å². The molecule has 200 valence electrons. The Hall–Kier alpha value is -2.40. The second kappa shape index (κ2) is 10.6. The van der Waals surface area contributed by atoms with Crippen LogP contribution < -0.4 is 0 Å². The molecule has 0 bridgehead atoms. The van der Waals surface area contributed by atoms with E-state index in [4.69, 9.17) is 11.6 Å². The van der Waals surface area contributed by atoms with Crippen LogP contribution in [-0.4, -0.2) is 78.5 Å². The van der Waals surface area contributed by atoms with E-state index in [1.165, 1.54) is 22.6 Å². The van der Waals surface area contributed by atoms with E-state index in [-0.39, 0.29) is 47.5 Å². The quantitative estimate of drug-likeness (QED) is 0.398. The van der Waals surface area contributed by atoms with Crippen molar-refractivity contribution in [2.24, 2.45) is 0 Å². The molecule has 38 heavy (non-hydrogen) atoms. The molecule has 0 radical (unpaired) electrons. The monoisotopic (exact) mass is 591 g/mol. The predicted molar refractivity (Wildman–Crippen MR) is 147 cm³/mol. The first kappa shape index (κ1) is 27.2. The predicted octanol–water partition coefficient (Wildman–Crippen LogP) is 4.02. The number of likely N-dealkylation sites (N-methyl/N-ethyl adjacent to an activating group) is 1. The number of thiophene rings is 1. The van der Waals surface area contributed by atoms with Gasteiger partial charge in [0, 0.05) is 71.6 Å². The highest BCUT2D eigenvalue weighted by Crippen LogP contribution is 2.38. The van der Waals surface area contributed by atoms with Gasteiger partial charge >= 0.3 is 0 Å². The molecule has 0 aliphatic carbocycles. The zero-order chi connectivity index (χ0) is 27.2. The maximum atomic E-state index is 13.9. The van der Waals surface area contributed by atoms with Crippen molar-refractivity contribution in [2.75, 3.05) is 33.2 Å². The van der Waals surface area contributed by atoms with Crippen LogP contribution >= 0.6 is 34.3 Å². The zero-order valence-electron chi connectivity index (χ0n) is 20.9. The molecule has 13 heteroatoms. The van der Waals surface area contributed by atoms with Crippen molar-refractivity contribution in [2.45, 2.75) is 43.0 Å². The van der Waals surface area contributed by atoms with E-state index in [0.29, 0.717) is 26.5 Å². The summed E-state index contributed by atoms with van der Waals surface area (Å²) in [5.74, 6) is -0.571. The Morgan fingerprint density at radius 1 is 1.24 bits per heavy atom. The number of rotatable bonds is 6. The highest BCUT2D eigenvalue weighted by molar-refractivity contribution is 7.91.